The Bertz CT molecular complexity index is 743. The van der Waals surface area contributed by atoms with Crippen LogP contribution in [-0.4, -0.2) is 28.3 Å². The van der Waals surface area contributed by atoms with Gasteiger partial charge in [-0.05, 0) is 31.4 Å². The van der Waals surface area contributed by atoms with Crippen molar-refractivity contribution in [2.45, 2.75) is 38.6 Å². The molecule has 1 fully saturated rings. The number of ether oxygens (including phenoxy) is 1. The fourth-order valence-electron chi connectivity index (χ4n) is 3.69. The highest BCUT2D eigenvalue weighted by Crippen LogP contribution is 2.43. The van der Waals surface area contributed by atoms with Gasteiger partial charge in [-0.2, -0.15) is 0 Å². The molecule has 2 atom stereocenters. The summed E-state index contributed by atoms with van der Waals surface area (Å²) in [6.07, 6.45) is 5.39. The van der Waals surface area contributed by atoms with E-state index in [0.717, 1.165) is 12.8 Å². The largest absolute Gasteiger partial charge is 0.449 e. The van der Waals surface area contributed by atoms with Gasteiger partial charge < -0.3 is 4.74 Å². The Morgan fingerprint density at radius 2 is 2.20 bits per heavy atom. The van der Waals surface area contributed by atoms with Gasteiger partial charge in [0.15, 0.2) is 0 Å². The number of hydrogen-bond acceptors (Lipinski definition) is 5. The number of rotatable bonds is 3. The van der Waals surface area contributed by atoms with Crippen molar-refractivity contribution in [2.75, 3.05) is 6.61 Å². The minimum atomic E-state index is -0.563. The lowest BCUT2D eigenvalue weighted by Gasteiger charge is -2.38. The number of amides is 1. The van der Waals surface area contributed by atoms with Gasteiger partial charge in [0.25, 0.3) is 5.69 Å². The van der Waals surface area contributed by atoms with Crippen LogP contribution < -0.4 is 0 Å². The SMILES string of the molecule is CCOC(=O)N1C=Cc2c(cccc2[N+](=O)[O-])C1C1CCCCC1=O. The highest BCUT2D eigenvalue weighted by atomic mass is 16.6. The summed E-state index contributed by atoms with van der Waals surface area (Å²) < 4.78 is 5.12. The Balaban J connectivity index is 2.10. The van der Waals surface area contributed by atoms with E-state index >= 15 is 0 Å². The molecule has 1 aromatic carbocycles. The van der Waals surface area contributed by atoms with Crippen LogP contribution in [0.3, 0.4) is 0 Å². The first-order chi connectivity index (χ1) is 12.0. The fourth-order valence-corrected chi connectivity index (χ4v) is 3.69. The van der Waals surface area contributed by atoms with Crippen LogP contribution in [-0.2, 0) is 9.53 Å². The second-order valence-electron chi connectivity index (χ2n) is 6.22. The Hall–Kier alpha value is -2.70. The van der Waals surface area contributed by atoms with Gasteiger partial charge in [-0.1, -0.05) is 18.6 Å². The Morgan fingerprint density at radius 3 is 2.88 bits per heavy atom. The summed E-state index contributed by atoms with van der Waals surface area (Å²) in [6, 6.07) is 4.22. The van der Waals surface area contributed by atoms with E-state index in [2.05, 4.69) is 0 Å². The molecular weight excluding hydrogens is 324 g/mol. The van der Waals surface area contributed by atoms with E-state index in [1.54, 1.807) is 25.1 Å². The molecule has 1 aliphatic carbocycles. The number of ketones is 1. The third-order valence-electron chi connectivity index (χ3n) is 4.80. The van der Waals surface area contributed by atoms with Crippen molar-refractivity contribution in [3.8, 4) is 0 Å². The van der Waals surface area contributed by atoms with Crippen molar-refractivity contribution >= 4 is 23.6 Å². The molecule has 1 saturated carbocycles. The molecule has 132 valence electrons. The van der Waals surface area contributed by atoms with Crippen LogP contribution in [0.2, 0.25) is 0 Å². The zero-order chi connectivity index (χ0) is 18.0. The highest BCUT2D eigenvalue weighted by molar-refractivity contribution is 5.85. The molecule has 0 saturated heterocycles. The predicted molar refractivity (Wildman–Crippen MR) is 90.7 cm³/mol. The van der Waals surface area contributed by atoms with Crippen molar-refractivity contribution in [1.82, 2.24) is 4.90 Å². The van der Waals surface area contributed by atoms with Crippen LogP contribution in [0, 0.1) is 16.0 Å². The highest BCUT2D eigenvalue weighted by Gasteiger charge is 2.41. The first-order valence-electron chi connectivity index (χ1n) is 8.48. The standard InChI is InChI=1S/C18H20N2O5/c1-2-25-18(22)19-11-10-12-13(7-5-8-15(12)20(23)24)17(19)14-6-3-4-9-16(14)21/h5,7-8,10-11,14,17H,2-4,6,9H2,1H3. The number of nitro groups is 1. The molecule has 7 nitrogen and oxygen atoms in total. The Morgan fingerprint density at radius 1 is 1.40 bits per heavy atom. The fraction of sp³-hybridized carbons (Fsp3) is 0.444. The first kappa shape index (κ1) is 17.1. The van der Waals surface area contributed by atoms with Crippen molar-refractivity contribution in [3.63, 3.8) is 0 Å². The second kappa shape index (κ2) is 7.04. The number of nitro benzene ring substituents is 1. The molecule has 0 spiro atoms. The maximum Gasteiger partial charge on any atom is 0.414 e. The topological polar surface area (TPSA) is 89.8 Å². The molecule has 1 aliphatic heterocycles. The quantitative estimate of drug-likeness (QED) is 0.614. The molecule has 0 radical (unpaired) electrons. The van der Waals surface area contributed by atoms with E-state index in [1.807, 2.05) is 0 Å². The summed E-state index contributed by atoms with van der Waals surface area (Å²) in [6.45, 7) is 1.93. The van der Waals surface area contributed by atoms with E-state index in [1.165, 1.54) is 17.2 Å². The average Bonchev–Trinajstić information content (AvgIpc) is 2.61. The van der Waals surface area contributed by atoms with Crippen molar-refractivity contribution in [3.05, 3.63) is 45.6 Å². The summed E-state index contributed by atoms with van der Waals surface area (Å²) in [5.74, 6) is -0.276. The van der Waals surface area contributed by atoms with Crippen LogP contribution in [0.1, 0.15) is 49.8 Å². The number of carbonyl (C=O) groups is 2. The van der Waals surface area contributed by atoms with Gasteiger partial charge in [-0.15, -0.1) is 0 Å². The summed E-state index contributed by atoms with van der Waals surface area (Å²) in [4.78, 5) is 37.2. The van der Waals surface area contributed by atoms with E-state index in [9.17, 15) is 19.7 Å². The van der Waals surface area contributed by atoms with Crippen LogP contribution >= 0.6 is 0 Å². The summed E-state index contributed by atoms with van der Waals surface area (Å²) in [5.41, 5.74) is 1.06. The molecule has 0 aromatic heterocycles. The van der Waals surface area contributed by atoms with Gasteiger partial charge in [0.2, 0.25) is 0 Å². The minimum Gasteiger partial charge on any atom is -0.449 e. The lowest BCUT2D eigenvalue weighted by atomic mass is 9.77. The summed E-state index contributed by atoms with van der Waals surface area (Å²) >= 11 is 0. The molecule has 7 heteroatoms. The predicted octanol–water partition coefficient (Wildman–Crippen LogP) is 3.84. The van der Waals surface area contributed by atoms with Gasteiger partial charge in [-0.25, -0.2) is 4.79 Å². The zero-order valence-corrected chi connectivity index (χ0v) is 14.0. The zero-order valence-electron chi connectivity index (χ0n) is 14.0. The van der Waals surface area contributed by atoms with Gasteiger partial charge in [0, 0.05) is 24.6 Å². The molecule has 0 bridgehead atoms. The maximum atomic E-state index is 12.5. The van der Waals surface area contributed by atoms with Gasteiger partial charge in [-0.3, -0.25) is 19.8 Å². The van der Waals surface area contributed by atoms with E-state index < -0.39 is 17.1 Å². The summed E-state index contributed by atoms with van der Waals surface area (Å²) in [7, 11) is 0. The van der Waals surface area contributed by atoms with Gasteiger partial charge in [0.1, 0.15) is 5.78 Å². The minimum absolute atomic E-state index is 0.0227. The lowest BCUT2D eigenvalue weighted by molar-refractivity contribution is -0.385. The van der Waals surface area contributed by atoms with Crippen LogP contribution in [0.25, 0.3) is 6.08 Å². The van der Waals surface area contributed by atoms with Crippen molar-refractivity contribution in [1.29, 1.82) is 0 Å². The van der Waals surface area contributed by atoms with E-state index in [4.69, 9.17) is 4.74 Å². The molecule has 2 aliphatic rings. The second-order valence-corrected chi connectivity index (χ2v) is 6.22. The summed E-state index contributed by atoms with van der Waals surface area (Å²) in [5, 5.41) is 11.3. The van der Waals surface area contributed by atoms with Crippen molar-refractivity contribution < 1.29 is 19.2 Å². The molecule has 0 N–H and O–H groups in total. The molecule has 1 heterocycles. The van der Waals surface area contributed by atoms with E-state index in [0.29, 0.717) is 24.0 Å². The monoisotopic (exact) mass is 344 g/mol. The van der Waals surface area contributed by atoms with Gasteiger partial charge in [0.05, 0.1) is 23.1 Å². The van der Waals surface area contributed by atoms with Gasteiger partial charge >= 0.3 is 6.09 Å². The lowest BCUT2D eigenvalue weighted by Crippen LogP contribution is -2.40. The van der Waals surface area contributed by atoms with Crippen LogP contribution in [0.4, 0.5) is 10.5 Å². The molecule has 1 aromatic rings. The third kappa shape index (κ3) is 3.14. The molecule has 2 unspecified atom stereocenters. The maximum absolute atomic E-state index is 12.5. The number of hydrogen-bond donors (Lipinski definition) is 0. The average molecular weight is 344 g/mol. The Kier molecular flexibility index (Phi) is 4.83. The van der Waals surface area contributed by atoms with Crippen molar-refractivity contribution in [2.24, 2.45) is 5.92 Å². The smallest absolute Gasteiger partial charge is 0.414 e. The number of nitrogens with zero attached hydrogens (tertiary/aromatic N) is 2. The number of fused-ring (bicyclic) bond motifs is 1. The third-order valence-corrected chi connectivity index (χ3v) is 4.80. The number of Topliss-reactive ketones (excluding diaryl/α,β-unsaturated/α-hetero) is 1. The first-order valence-corrected chi connectivity index (χ1v) is 8.48. The van der Waals surface area contributed by atoms with Crippen LogP contribution in [0.15, 0.2) is 24.4 Å². The Labute approximate surface area is 145 Å². The molecule has 25 heavy (non-hydrogen) atoms. The van der Waals surface area contributed by atoms with E-state index in [-0.39, 0.29) is 24.0 Å². The number of carbonyl (C=O) groups excluding carboxylic acids is 2. The normalized spacial score (nSPS) is 22.4. The number of benzene rings is 1. The van der Waals surface area contributed by atoms with Crippen LogP contribution in [0.5, 0.6) is 0 Å². The molecular formula is C18H20N2O5. The molecule has 3 rings (SSSR count). The molecule has 1 amide bonds.